The summed E-state index contributed by atoms with van der Waals surface area (Å²) >= 11 is 13.2. The molecule has 20 heavy (non-hydrogen) atoms. The van der Waals surface area contributed by atoms with E-state index < -0.39 is 6.10 Å². The molecule has 0 spiro atoms. The molecule has 0 fully saturated rings. The second kappa shape index (κ2) is 6.60. The van der Waals surface area contributed by atoms with Crippen LogP contribution in [0, 0.1) is 0 Å². The fourth-order valence-corrected chi connectivity index (χ4v) is 3.08. The predicted molar refractivity (Wildman–Crippen MR) is 88.1 cm³/mol. The normalized spacial score (nSPS) is 12.7. The van der Waals surface area contributed by atoms with E-state index in [-0.39, 0.29) is 0 Å². The molecule has 0 aliphatic carbocycles. The molecule has 1 aromatic heterocycles. The number of rotatable bonds is 4. The van der Waals surface area contributed by atoms with Gasteiger partial charge in [-0.3, -0.25) is 4.68 Å². The van der Waals surface area contributed by atoms with Gasteiger partial charge in [-0.05, 0) is 56.0 Å². The van der Waals surface area contributed by atoms with Gasteiger partial charge in [0, 0.05) is 22.4 Å². The Morgan fingerprint density at radius 2 is 2.05 bits per heavy atom. The van der Waals surface area contributed by atoms with Gasteiger partial charge in [-0.25, -0.2) is 0 Å². The summed E-state index contributed by atoms with van der Waals surface area (Å²) in [5.74, 6) is 0. The standard InChI is InChI=1S/C14H15Br2ClN2O/c1-3-11-14(17)12(19(2)18-11)7-13(20)8-4-5-9(15)10(16)6-8/h4-6,13,20H,3,7H2,1-2H3. The van der Waals surface area contributed by atoms with Crippen molar-refractivity contribution in [3.63, 3.8) is 0 Å². The van der Waals surface area contributed by atoms with Gasteiger partial charge in [0.05, 0.1) is 22.5 Å². The minimum absolute atomic E-state index is 0.441. The van der Waals surface area contributed by atoms with Crippen LogP contribution in [-0.4, -0.2) is 14.9 Å². The van der Waals surface area contributed by atoms with Gasteiger partial charge in [-0.15, -0.1) is 0 Å². The molecule has 0 aliphatic rings. The quantitative estimate of drug-likeness (QED) is 0.791. The molecule has 0 saturated carbocycles. The van der Waals surface area contributed by atoms with Crippen molar-refractivity contribution in [2.45, 2.75) is 25.9 Å². The number of halogens is 3. The SMILES string of the molecule is CCc1nn(C)c(CC(O)c2ccc(Br)c(Br)c2)c1Cl. The third-order valence-corrected chi connectivity index (χ3v) is 5.53. The van der Waals surface area contributed by atoms with E-state index in [9.17, 15) is 5.11 Å². The first-order chi connectivity index (χ1) is 9.43. The molecular formula is C14H15Br2ClN2O. The predicted octanol–water partition coefficient (Wildman–Crippen LogP) is 4.44. The molecule has 108 valence electrons. The lowest BCUT2D eigenvalue weighted by molar-refractivity contribution is 0.175. The Bertz CT molecular complexity index is 628. The third-order valence-electron chi connectivity index (χ3n) is 3.22. The zero-order valence-electron chi connectivity index (χ0n) is 11.2. The van der Waals surface area contributed by atoms with Crippen molar-refractivity contribution < 1.29 is 5.11 Å². The van der Waals surface area contributed by atoms with E-state index in [1.165, 1.54) is 0 Å². The first-order valence-corrected chi connectivity index (χ1v) is 8.23. The maximum absolute atomic E-state index is 10.4. The number of nitrogens with zero attached hydrogens (tertiary/aromatic N) is 2. The maximum Gasteiger partial charge on any atom is 0.0850 e. The van der Waals surface area contributed by atoms with Crippen LogP contribution < -0.4 is 0 Å². The van der Waals surface area contributed by atoms with E-state index >= 15 is 0 Å². The van der Waals surface area contributed by atoms with Gasteiger partial charge in [0.1, 0.15) is 0 Å². The molecule has 1 unspecified atom stereocenters. The van der Waals surface area contributed by atoms with Crippen LogP contribution in [0.3, 0.4) is 0 Å². The molecule has 2 rings (SSSR count). The van der Waals surface area contributed by atoms with E-state index in [1.807, 2.05) is 32.2 Å². The summed E-state index contributed by atoms with van der Waals surface area (Å²) in [5.41, 5.74) is 2.57. The van der Waals surface area contributed by atoms with Crippen molar-refractivity contribution in [3.05, 3.63) is 49.1 Å². The Morgan fingerprint density at radius 1 is 1.35 bits per heavy atom. The Hall–Kier alpha value is -0.360. The molecule has 1 heterocycles. The van der Waals surface area contributed by atoms with Crippen LogP contribution in [0.15, 0.2) is 27.1 Å². The van der Waals surface area contributed by atoms with Crippen LogP contribution in [0.1, 0.15) is 30.0 Å². The number of aliphatic hydroxyl groups excluding tert-OH is 1. The third kappa shape index (κ3) is 3.27. The number of hydrogen-bond acceptors (Lipinski definition) is 2. The summed E-state index contributed by atoms with van der Waals surface area (Å²) in [7, 11) is 1.85. The molecule has 0 aliphatic heterocycles. The minimum atomic E-state index is -0.614. The van der Waals surface area contributed by atoms with Gasteiger partial charge < -0.3 is 5.11 Å². The summed E-state index contributed by atoms with van der Waals surface area (Å²) in [6.45, 7) is 2.01. The summed E-state index contributed by atoms with van der Waals surface area (Å²) in [4.78, 5) is 0. The van der Waals surface area contributed by atoms with E-state index in [2.05, 4.69) is 37.0 Å². The molecule has 3 nitrogen and oxygen atoms in total. The first-order valence-electron chi connectivity index (χ1n) is 6.27. The van der Waals surface area contributed by atoms with E-state index in [1.54, 1.807) is 4.68 Å². The zero-order chi connectivity index (χ0) is 14.9. The average molecular weight is 423 g/mol. The molecule has 0 radical (unpaired) electrons. The molecule has 1 aromatic carbocycles. The van der Waals surface area contributed by atoms with Crippen LogP contribution in [0.5, 0.6) is 0 Å². The van der Waals surface area contributed by atoms with Crippen molar-refractivity contribution in [3.8, 4) is 0 Å². The largest absolute Gasteiger partial charge is 0.388 e. The first kappa shape index (κ1) is 16.0. The van der Waals surface area contributed by atoms with Crippen molar-refractivity contribution in [2.75, 3.05) is 0 Å². The van der Waals surface area contributed by atoms with Crippen molar-refractivity contribution in [2.24, 2.45) is 7.05 Å². The minimum Gasteiger partial charge on any atom is -0.388 e. The van der Waals surface area contributed by atoms with Gasteiger partial charge in [-0.2, -0.15) is 5.10 Å². The van der Waals surface area contributed by atoms with Crippen LogP contribution in [0.4, 0.5) is 0 Å². The lowest BCUT2D eigenvalue weighted by Crippen LogP contribution is -2.07. The summed E-state index contributed by atoms with van der Waals surface area (Å²) in [5, 5.41) is 15.4. The molecule has 1 N–H and O–H groups in total. The summed E-state index contributed by atoms with van der Waals surface area (Å²) in [6.07, 6.45) is 0.611. The Morgan fingerprint density at radius 3 is 2.60 bits per heavy atom. The number of aliphatic hydroxyl groups is 1. The highest BCUT2D eigenvalue weighted by Gasteiger charge is 2.18. The van der Waals surface area contributed by atoms with Gasteiger partial charge in [-0.1, -0.05) is 24.6 Å². The summed E-state index contributed by atoms with van der Waals surface area (Å²) < 4.78 is 3.62. The second-order valence-corrected chi connectivity index (χ2v) is 6.66. The van der Waals surface area contributed by atoms with Gasteiger partial charge >= 0.3 is 0 Å². The second-order valence-electron chi connectivity index (χ2n) is 4.58. The zero-order valence-corrected chi connectivity index (χ0v) is 15.1. The monoisotopic (exact) mass is 420 g/mol. The highest BCUT2D eigenvalue weighted by Crippen LogP contribution is 2.30. The van der Waals surface area contributed by atoms with Crippen molar-refractivity contribution >= 4 is 43.5 Å². The summed E-state index contributed by atoms with van der Waals surface area (Å²) in [6, 6.07) is 5.70. The smallest absolute Gasteiger partial charge is 0.0850 e. The number of benzene rings is 1. The number of hydrogen-bond donors (Lipinski definition) is 1. The highest BCUT2D eigenvalue weighted by molar-refractivity contribution is 9.13. The average Bonchev–Trinajstić information content (AvgIpc) is 2.69. The lowest BCUT2D eigenvalue weighted by Gasteiger charge is -2.12. The van der Waals surface area contributed by atoms with Gasteiger partial charge in [0.25, 0.3) is 0 Å². The highest BCUT2D eigenvalue weighted by atomic mass is 79.9. The van der Waals surface area contributed by atoms with E-state index in [0.29, 0.717) is 11.4 Å². The van der Waals surface area contributed by atoms with Gasteiger partial charge in [0.2, 0.25) is 0 Å². The lowest BCUT2D eigenvalue weighted by atomic mass is 10.0. The molecule has 6 heteroatoms. The molecule has 0 bridgehead atoms. The van der Waals surface area contributed by atoms with Gasteiger partial charge in [0.15, 0.2) is 0 Å². The van der Waals surface area contributed by atoms with E-state index in [4.69, 9.17) is 11.6 Å². The molecular weight excluding hydrogens is 407 g/mol. The molecule has 1 atom stereocenters. The maximum atomic E-state index is 10.4. The van der Waals surface area contributed by atoms with Crippen LogP contribution in [-0.2, 0) is 19.9 Å². The van der Waals surface area contributed by atoms with Crippen LogP contribution in [0.2, 0.25) is 5.02 Å². The van der Waals surface area contributed by atoms with Crippen molar-refractivity contribution in [1.82, 2.24) is 9.78 Å². The Balaban J connectivity index is 2.25. The van der Waals surface area contributed by atoms with Crippen LogP contribution >= 0.6 is 43.5 Å². The van der Waals surface area contributed by atoms with Crippen molar-refractivity contribution in [1.29, 1.82) is 0 Å². The fourth-order valence-electron chi connectivity index (χ4n) is 2.06. The molecule has 0 saturated heterocycles. The van der Waals surface area contributed by atoms with Crippen LogP contribution in [0.25, 0.3) is 0 Å². The molecule has 0 amide bonds. The molecule has 2 aromatic rings. The van der Waals surface area contributed by atoms with E-state index in [0.717, 1.165) is 32.3 Å². The number of aryl methyl sites for hydroxylation is 2. The topological polar surface area (TPSA) is 38.0 Å². The Labute approximate surface area is 140 Å². The Kier molecular flexibility index (Phi) is 5.29. The fraction of sp³-hybridized carbons (Fsp3) is 0.357. The number of aromatic nitrogens is 2.